The number of carbonyl (C=O) groups is 1. The van der Waals surface area contributed by atoms with Crippen molar-refractivity contribution in [1.82, 2.24) is 15.3 Å². The van der Waals surface area contributed by atoms with E-state index in [0.29, 0.717) is 24.6 Å². The molecule has 0 saturated carbocycles. The van der Waals surface area contributed by atoms with E-state index in [1.54, 1.807) is 7.05 Å². The van der Waals surface area contributed by atoms with Crippen molar-refractivity contribution in [3.63, 3.8) is 0 Å². The first kappa shape index (κ1) is 14.2. The second-order valence-corrected chi connectivity index (χ2v) is 4.30. The van der Waals surface area contributed by atoms with Gasteiger partial charge in [-0.3, -0.25) is 9.59 Å². The molecule has 1 aromatic rings. The third-order valence-electron chi connectivity index (χ3n) is 2.74. The number of rotatable bonds is 5. The van der Waals surface area contributed by atoms with Crippen LogP contribution in [0.4, 0.5) is 5.82 Å². The molecule has 2 N–H and O–H groups in total. The molecule has 1 amide bonds. The summed E-state index contributed by atoms with van der Waals surface area (Å²) in [6.07, 6.45) is 0.669. The Morgan fingerprint density at radius 3 is 2.83 bits per heavy atom. The Bertz CT molecular complexity index is 469. The molecule has 1 aromatic heterocycles. The third-order valence-corrected chi connectivity index (χ3v) is 2.74. The van der Waals surface area contributed by atoms with Crippen LogP contribution in [0.15, 0.2) is 10.9 Å². The van der Waals surface area contributed by atoms with Crippen molar-refractivity contribution in [3.8, 4) is 0 Å². The number of aryl methyl sites for hydroxylation is 1. The number of aromatic amines is 1. The lowest BCUT2D eigenvalue weighted by molar-refractivity contribution is -0.123. The molecule has 0 aliphatic carbocycles. The average molecular weight is 252 g/mol. The van der Waals surface area contributed by atoms with E-state index >= 15 is 0 Å². The van der Waals surface area contributed by atoms with Gasteiger partial charge in [0.05, 0.1) is 5.92 Å². The minimum absolute atomic E-state index is 0.0256. The Labute approximate surface area is 106 Å². The third kappa shape index (κ3) is 3.58. The lowest BCUT2D eigenvalue weighted by atomic mass is 10.1. The minimum Gasteiger partial charge on any atom is -0.359 e. The van der Waals surface area contributed by atoms with Crippen LogP contribution >= 0.6 is 0 Å². The molecule has 1 heterocycles. The number of carbonyl (C=O) groups excluding carboxylic acids is 1. The zero-order chi connectivity index (χ0) is 13.7. The van der Waals surface area contributed by atoms with Crippen LogP contribution in [0.3, 0.4) is 0 Å². The predicted octanol–water partition coefficient (Wildman–Crippen LogP) is 0.151. The molecule has 100 valence electrons. The normalized spacial score (nSPS) is 12.0. The molecular weight excluding hydrogens is 232 g/mol. The fourth-order valence-electron chi connectivity index (χ4n) is 1.69. The van der Waals surface area contributed by atoms with Crippen molar-refractivity contribution in [2.75, 3.05) is 25.5 Å². The van der Waals surface area contributed by atoms with E-state index in [9.17, 15) is 9.59 Å². The summed E-state index contributed by atoms with van der Waals surface area (Å²) in [6.45, 7) is 4.28. The van der Waals surface area contributed by atoms with Gasteiger partial charge in [-0.25, -0.2) is 4.98 Å². The van der Waals surface area contributed by atoms with Gasteiger partial charge in [-0.1, -0.05) is 13.8 Å². The van der Waals surface area contributed by atoms with Crippen LogP contribution in [0.25, 0.3) is 0 Å². The Balaban J connectivity index is 2.84. The summed E-state index contributed by atoms with van der Waals surface area (Å²) in [7, 11) is 3.43. The van der Waals surface area contributed by atoms with Crippen molar-refractivity contribution in [2.24, 2.45) is 5.92 Å². The van der Waals surface area contributed by atoms with Crippen molar-refractivity contribution in [1.29, 1.82) is 0 Å². The molecule has 0 radical (unpaired) electrons. The molecule has 6 nitrogen and oxygen atoms in total. The van der Waals surface area contributed by atoms with Crippen LogP contribution in [0.2, 0.25) is 0 Å². The van der Waals surface area contributed by atoms with Crippen molar-refractivity contribution >= 4 is 11.7 Å². The summed E-state index contributed by atoms with van der Waals surface area (Å²) in [5.74, 6) is 1.05. The van der Waals surface area contributed by atoms with E-state index in [4.69, 9.17) is 0 Å². The highest BCUT2D eigenvalue weighted by Gasteiger charge is 2.15. The van der Waals surface area contributed by atoms with Gasteiger partial charge in [-0.05, 0) is 0 Å². The summed E-state index contributed by atoms with van der Waals surface area (Å²) in [5, 5.41) is 2.60. The van der Waals surface area contributed by atoms with Gasteiger partial charge in [0.1, 0.15) is 11.6 Å². The van der Waals surface area contributed by atoms with E-state index in [-0.39, 0.29) is 17.4 Å². The molecule has 0 bridgehead atoms. The molecular formula is C12H20N4O2. The average Bonchev–Trinajstić information content (AvgIpc) is 2.36. The van der Waals surface area contributed by atoms with Gasteiger partial charge < -0.3 is 15.2 Å². The highest BCUT2D eigenvalue weighted by Crippen LogP contribution is 2.08. The molecule has 0 spiro atoms. The Morgan fingerprint density at radius 1 is 1.61 bits per heavy atom. The molecule has 1 unspecified atom stereocenters. The number of hydrogen-bond donors (Lipinski definition) is 2. The number of amides is 1. The number of hydrogen-bond acceptors (Lipinski definition) is 4. The van der Waals surface area contributed by atoms with Crippen molar-refractivity contribution in [2.45, 2.75) is 20.3 Å². The summed E-state index contributed by atoms with van der Waals surface area (Å²) in [4.78, 5) is 31.7. The molecule has 1 atom stereocenters. The molecule has 0 aliphatic heterocycles. The lowest BCUT2D eigenvalue weighted by Gasteiger charge is -2.21. The molecule has 1 rings (SSSR count). The van der Waals surface area contributed by atoms with Crippen molar-refractivity contribution < 1.29 is 4.79 Å². The standard InChI is InChI=1S/C12H20N4O2/c1-5-9-14-10(6-11(17)15-9)16(4)7-8(2)12(18)13-3/h6,8H,5,7H2,1-4H3,(H,13,18)(H,14,15,17). The molecule has 0 fully saturated rings. The van der Waals surface area contributed by atoms with Gasteiger partial charge in [0.15, 0.2) is 0 Å². The summed E-state index contributed by atoms with van der Waals surface area (Å²) >= 11 is 0. The number of nitrogens with zero attached hydrogens (tertiary/aromatic N) is 2. The Morgan fingerprint density at radius 2 is 2.28 bits per heavy atom. The van der Waals surface area contributed by atoms with Crippen LogP contribution in [0.1, 0.15) is 19.7 Å². The zero-order valence-corrected chi connectivity index (χ0v) is 11.3. The second kappa shape index (κ2) is 6.18. The van der Waals surface area contributed by atoms with Gasteiger partial charge in [0.2, 0.25) is 5.91 Å². The Hall–Kier alpha value is -1.85. The molecule has 0 saturated heterocycles. The first-order chi connectivity index (χ1) is 8.47. The van der Waals surface area contributed by atoms with Crippen molar-refractivity contribution in [3.05, 3.63) is 22.2 Å². The quantitative estimate of drug-likeness (QED) is 0.782. The first-order valence-electron chi connectivity index (χ1n) is 6.00. The first-order valence-corrected chi connectivity index (χ1v) is 6.00. The maximum atomic E-state index is 11.4. The van der Waals surface area contributed by atoms with Crippen LogP contribution in [0.5, 0.6) is 0 Å². The highest BCUT2D eigenvalue weighted by molar-refractivity contribution is 5.78. The Kier molecular flexibility index (Phi) is 4.88. The highest BCUT2D eigenvalue weighted by atomic mass is 16.1. The van der Waals surface area contributed by atoms with Gasteiger partial charge in [-0.2, -0.15) is 0 Å². The molecule has 18 heavy (non-hydrogen) atoms. The summed E-state index contributed by atoms with van der Waals surface area (Å²) < 4.78 is 0. The maximum Gasteiger partial charge on any atom is 0.252 e. The predicted molar refractivity (Wildman–Crippen MR) is 70.7 cm³/mol. The van der Waals surface area contributed by atoms with Gasteiger partial charge in [0.25, 0.3) is 5.56 Å². The number of aromatic nitrogens is 2. The van der Waals surface area contributed by atoms with Crippen LogP contribution in [-0.2, 0) is 11.2 Å². The van der Waals surface area contributed by atoms with Crippen LogP contribution < -0.4 is 15.8 Å². The van der Waals surface area contributed by atoms with Gasteiger partial charge in [0, 0.05) is 33.1 Å². The lowest BCUT2D eigenvalue weighted by Crippen LogP contribution is -2.35. The van der Waals surface area contributed by atoms with E-state index < -0.39 is 0 Å². The SMILES string of the molecule is CCc1nc(N(C)CC(C)C(=O)NC)cc(=O)[nH]1. The molecule has 0 aliphatic rings. The fourth-order valence-corrected chi connectivity index (χ4v) is 1.69. The van der Waals surface area contributed by atoms with E-state index in [1.165, 1.54) is 6.07 Å². The topological polar surface area (TPSA) is 78.1 Å². The monoisotopic (exact) mass is 252 g/mol. The molecule has 0 aromatic carbocycles. The second-order valence-electron chi connectivity index (χ2n) is 4.30. The number of nitrogens with one attached hydrogen (secondary N) is 2. The van der Waals surface area contributed by atoms with Gasteiger partial charge in [-0.15, -0.1) is 0 Å². The van der Waals surface area contributed by atoms with Crippen LogP contribution in [0, 0.1) is 5.92 Å². The van der Waals surface area contributed by atoms with Crippen LogP contribution in [-0.4, -0.2) is 36.5 Å². The summed E-state index contributed by atoms with van der Waals surface area (Å²) in [6, 6.07) is 1.44. The summed E-state index contributed by atoms with van der Waals surface area (Å²) in [5.41, 5.74) is -0.170. The number of H-pyrrole nitrogens is 1. The van der Waals surface area contributed by atoms with E-state index in [2.05, 4.69) is 15.3 Å². The zero-order valence-electron chi connectivity index (χ0n) is 11.3. The van der Waals surface area contributed by atoms with E-state index in [1.807, 2.05) is 25.8 Å². The minimum atomic E-state index is -0.170. The van der Waals surface area contributed by atoms with E-state index in [0.717, 1.165) is 0 Å². The van der Waals surface area contributed by atoms with Gasteiger partial charge >= 0.3 is 0 Å². The maximum absolute atomic E-state index is 11.4. The number of anilines is 1. The largest absolute Gasteiger partial charge is 0.359 e. The smallest absolute Gasteiger partial charge is 0.252 e. The molecule has 6 heteroatoms. The fraction of sp³-hybridized carbons (Fsp3) is 0.583.